The van der Waals surface area contributed by atoms with Crippen LogP contribution >= 0.6 is 23.2 Å². The van der Waals surface area contributed by atoms with Crippen molar-refractivity contribution in [1.29, 1.82) is 0 Å². The van der Waals surface area contributed by atoms with E-state index in [1.54, 1.807) is 30.3 Å². The van der Waals surface area contributed by atoms with E-state index in [0.717, 1.165) is 21.7 Å². The molecule has 1 N–H and O–H groups in total. The number of sulfonamides is 1. The molecule has 140 valence electrons. The number of halogens is 2. The molecule has 0 spiro atoms. The molecule has 0 aliphatic heterocycles. The highest BCUT2D eigenvalue weighted by molar-refractivity contribution is 7.92. The fraction of sp³-hybridized carbons (Fsp3) is 0.278. The topological polar surface area (TPSA) is 66.5 Å². The molecule has 8 heteroatoms. The zero-order valence-electron chi connectivity index (χ0n) is 14.9. The Morgan fingerprint density at radius 3 is 1.96 bits per heavy atom. The Bertz CT molecular complexity index is 905. The van der Waals surface area contributed by atoms with Crippen LogP contribution in [0.25, 0.3) is 0 Å². The third-order valence-corrected chi connectivity index (χ3v) is 5.36. The van der Waals surface area contributed by atoms with E-state index in [9.17, 15) is 13.2 Å². The molecule has 2 aromatic rings. The van der Waals surface area contributed by atoms with Crippen LogP contribution in [0.15, 0.2) is 36.4 Å². The van der Waals surface area contributed by atoms with Gasteiger partial charge < -0.3 is 5.32 Å². The lowest BCUT2D eigenvalue weighted by Gasteiger charge is -2.28. The third-order valence-electron chi connectivity index (χ3n) is 3.68. The van der Waals surface area contributed by atoms with E-state index in [1.165, 1.54) is 6.92 Å². The van der Waals surface area contributed by atoms with Gasteiger partial charge >= 0.3 is 0 Å². The van der Waals surface area contributed by atoms with Crippen LogP contribution in [0, 0.1) is 13.8 Å². The number of carbonyl (C=O) groups is 1. The maximum Gasteiger partial charge on any atom is 0.247 e. The third kappa shape index (κ3) is 5.13. The van der Waals surface area contributed by atoms with E-state index in [4.69, 9.17) is 23.2 Å². The second-order valence-electron chi connectivity index (χ2n) is 6.23. The van der Waals surface area contributed by atoms with Gasteiger partial charge in [-0.05, 0) is 62.2 Å². The molecule has 1 amide bonds. The lowest BCUT2D eigenvalue weighted by atomic mass is 10.1. The summed E-state index contributed by atoms with van der Waals surface area (Å²) in [6.07, 6.45) is 1.07. The number of anilines is 2. The number of hydrogen-bond acceptors (Lipinski definition) is 3. The van der Waals surface area contributed by atoms with Crippen LogP contribution in [0.1, 0.15) is 18.1 Å². The molecule has 2 rings (SSSR count). The normalized spacial score (nSPS) is 12.5. The first kappa shape index (κ1) is 20.6. The first-order valence-electron chi connectivity index (χ1n) is 7.82. The molecule has 0 aliphatic rings. The first-order chi connectivity index (χ1) is 12.0. The molecule has 0 saturated heterocycles. The second-order valence-corrected chi connectivity index (χ2v) is 8.96. The largest absolute Gasteiger partial charge is 0.324 e. The van der Waals surface area contributed by atoms with Crippen molar-refractivity contribution >= 4 is 50.5 Å². The van der Waals surface area contributed by atoms with Crippen LogP contribution in [0.5, 0.6) is 0 Å². The van der Waals surface area contributed by atoms with Gasteiger partial charge in [0.2, 0.25) is 15.9 Å². The Balaban J connectivity index is 2.37. The van der Waals surface area contributed by atoms with Gasteiger partial charge in [0.05, 0.1) is 11.9 Å². The van der Waals surface area contributed by atoms with Gasteiger partial charge in [-0.25, -0.2) is 8.42 Å². The summed E-state index contributed by atoms with van der Waals surface area (Å²) in [6.45, 7) is 5.27. The van der Waals surface area contributed by atoms with Gasteiger partial charge in [-0.1, -0.05) is 29.3 Å². The molecule has 2 aromatic carbocycles. The van der Waals surface area contributed by atoms with Crippen LogP contribution in [-0.4, -0.2) is 26.6 Å². The molecule has 0 radical (unpaired) electrons. The Hall–Kier alpha value is -1.76. The minimum atomic E-state index is -3.68. The summed E-state index contributed by atoms with van der Waals surface area (Å²) in [5.41, 5.74) is 2.65. The Morgan fingerprint density at radius 2 is 1.50 bits per heavy atom. The average Bonchev–Trinajstić information content (AvgIpc) is 2.43. The van der Waals surface area contributed by atoms with Crippen LogP contribution in [0.4, 0.5) is 11.4 Å². The molecule has 0 fully saturated rings. The molecule has 0 bridgehead atoms. The van der Waals surface area contributed by atoms with Gasteiger partial charge in [0.1, 0.15) is 6.04 Å². The van der Waals surface area contributed by atoms with Crippen molar-refractivity contribution in [3.63, 3.8) is 0 Å². The van der Waals surface area contributed by atoms with Gasteiger partial charge in [-0.2, -0.15) is 0 Å². The predicted octanol–water partition coefficient (Wildman–Crippen LogP) is 4.40. The number of nitrogens with zero attached hydrogens (tertiary/aromatic N) is 1. The standard InChI is InChI=1S/C18H20Cl2N2O3S/c1-11-5-12(2)7-17(6-11)22(26(4,24)25)13(3)18(23)21-16-9-14(19)8-15(20)10-16/h5-10,13H,1-4H3,(H,21,23)/t13-/m1/s1. The summed E-state index contributed by atoms with van der Waals surface area (Å²) in [4.78, 5) is 12.7. The fourth-order valence-electron chi connectivity index (χ4n) is 2.76. The number of hydrogen-bond donors (Lipinski definition) is 1. The van der Waals surface area contributed by atoms with E-state index < -0.39 is 22.0 Å². The molecular weight excluding hydrogens is 395 g/mol. The van der Waals surface area contributed by atoms with Crippen molar-refractivity contribution in [2.45, 2.75) is 26.8 Å². The molecule has 1 atom stereocenters. The smallest absolute Gasteiger partial charge is 0.247 e. The maximum atomic E-state index is 12.7. The highest BCUT2D eigenvalue weighted by Gasteiger charge is 2.29. The van der Waals surface area contributed by atoms with Crippen LogP contribution in [0.3, 0.4) is 0 Å². The summed E-state index contributed by atoms with van der Waals surface area (Å²) in [5.74, 6) is -0.493. The van der Waals surface area contributed by atoms with Crippen molar-refractivity contribution in [3.8, 4) is 0 Å². The zero-order valence-corrected chi connectivity index (χ0v) is 17.2. The average molecular weight is 415 g/mol. The van der Waals surface area contributed by atoms with Crippen molar-refractivity contribution in [3.05, 3.63) is 57.6 Å². The Morgan fingerprint density at radius 1 is 1.00 bits per heavy atom. The summed E-state index contributed by atoms with van der Waals surface area (Å²) < 4.78 is 25.8. The van der Waals surface area contributed by atoms with Crippen LogP contribution in [-0.2, 0) is 14.8 Å². The highest BCUT2D eigenvalue weighted by Crippen LogP contribution is 2.26. The number of benzene rings is 2. The number of carbonyl (C=O) groups excluding carboxylic acids is 1. The zero-order chi connectivity index (χ0) is 19.6. The van der Waals surface area contributed by atoms with Crippen molar-refractivity contribution < 1.29 is 13.2 Å². The fourth-order valence-corrected chi connectivity index (χ4v) is 4.44. The van der Waals surface area contributed by atoms with Gasteiger partial charge in [-0.3, -0.25) is 9.10 Å². The molecule has 0 unspecified atom stereocenters. The lowest BCUT2D eigenvalue weighted by molar-refractivity contribution is -0.116. The number of aryl methyl sites for hydroxylation is 2. The monoisotopic (exact) mass is 414 g/mol. The van der Waals surface area contributed by atoms with Crippen LogP contribution < -0.4 is 9.62 Å². The van der Waals surface area contributed by atoms with Gasteiger partial charge in [0, 0.05) is 15.7 Å². The number of rotatable bonds is 5. The summed E-state index contributed by atoms with van der Waals surface area (Å²) >= 11 is 11.9. The number of amides is 1. The van der Waals surface area contributed by atoms with Crippen molar-refractivity contribution in [2.24, 2.45) is 0 Å². The van der Waals surface area contributed by atoms with Gasteiger partial charge in [-0.15, -0.1) is 0 Å². The molecule has 0 saturated carbocycles. The molecule has 0 aromatic heterocycles. The van der Waals surface area contributed by atoms with E-state index in [1.807, 2.05) is 19.9 Å². The summed E-state index contributed by atoms with van der Waals surface area (Å²) in [5, 5.41) is 3.40. The molecular formula is C18H20Cl2N2O3S. The molecule has 0 aliphatic carbocycles. The quantitative estimate of drug-likeness (QED) is 0.787. The lowest BCUT2D eigenvalue weighted by Crippen LogP contribution is -2.45. The van der Waals surface area contributed by atoms with Gasteiger partial charge in [0.15, 0.2) is 0 Å². The Kier molecular flexibility index (Phi) is 6.21. The van der Waals surface area contributed by atoms with E-state index >= 15 is 0 Å². The molecule has 26 heavy (non-hydrogen) atoms. The summed E-state index contributed by atoms with van der Waals surface area (Å²) in [7, 11) is -3.68. The minimum absolute atomic E-state index is 0.370. The summed E-state index contributed by atoms with van der Waals surface area (Å²) in [6, 6.07) is 9.05. The van der Waals surface area contributed by atoms with E-state index in [0.29, 0.717) is 21.4 Å². The van der Waals surface area contributed by atoms with Gasteiger partial charge in [0.25, 0.3) is 0 Å². The predicted molar refractivity (Wildman–Crippen MR) is 108 cm³/mol. The van der Waals surface area contributed by atoms with Crippen molar-refractivity contribution in [2.75, 3.05) is 15.9 Å². The maximum absolute atomic E-state index is 12.7. The minimum Gasteiger partial charge on any atom is -0.324 e. The van der Waals surface area contributed by atoms with Crippen LogP contribution in [0.2, 0.25) is 10.0 Å². The Labute approximate surface area is 164 Å². The highest BCUT2D eigenvalue weighted by atomic mass is 35.5. The molecule has 5 nitrogen and oxygen atoms in total. The molecule has 0 heterocycles. The van der Waals surface area contributed by atoms with Crippen molar-refractivity contribution in [1.82, 2.24) is 0 Å². The second kappa shape index (κ2) is 7.86. The van der Waals surface area contributed by atoms with E-state index in [-0.39, 0.29) is 0 Å². The number of nitrogens with one attached hydrogen (secondary N) is 1. The SMILES string of the molecule is Cc1cc(C)cc(N([C@H](C)C(=O)Nc2cc(Cl)cc(Cl)c2)S(C)(=O)=O)c1. The first-order valence-corrected chi connectivity index (χ1v) is 10.4. The van der Waals surface area contributed by atoms with E-state index in [2.05, 4.69) is 5.32 Å².